The fourth-order valence-corrected chi connectivity index (χ4v) is 5.92. The van der Waals surface area contributed by atoms with E-state index in [1.165, 1.54) is 64.8 Å². The Balaban J connectivity index is 1.54. The van der Waals surface area contributed by atoms with Crippen LogP contribution in [0.4, 0.5) is 21.0 Å². The second kappa shape index (κ2) is 16.5. The van der Waals surface area contributed by atoms with Crippen molar-refractivity contribution in [1.82, 2.24) is 4.90 Å². The van der Waals surface area contributed by atoms with Crippen molar-refractivity contribution in [2.24, 2.45) is 5.92 Å². The number of ketones is 1. The van der Waals surface area contributed by atoms with E-state index >= 15 is 0 Å². The molecule has 1 heterocycles. The molecule has 0 aliphatic carbocycles. The highest BCUT2D eigenvalue weighted by atomic mass is 32.2. The van der Waals surface area contributed by atoms with Crippen molar-refractivity contribution in [3.8, 4) is 0 Å². The van der Waals surface area contributed by atoms with Gasteiger partial charge in [0.2, 0.25) is 5.91 Å². The molecule has 1 saturated heterocycles. The van der Waals surface area contributed by atoms with Crippen molar-refractivity contribution < 1.29 is 48.0 Å². The van der Waals surface area contributed by atoms with E-state index in [0.717, 1.165) is 0 Å². The number of thioether (sulfide) groups is 2. The van der Waals surface area contributed by atoms with E-state index in [9.17, 15) is 39.4 Å². The first kappa shape index (κ1) is 34.1. The summed E-state index contributed by atoms with van der Waals surface area (Å²) in [6, 6.07) is 10.8. The van der Waals surface area contributed by atoms with Gasteiger partial charge in [-0.05, 0) is 31.1 Å². The van der Waals surface area contributed by atoms with Gasteiger partial charge in [-0.2, -0.15) is 0 Å². The molecule has 0 N–H and O–H groups in total. The minimum atomic E-state index is -1.17. The number of rotatable bonds is 16. The second-order valence-corrected chi connectivity index (χ2v) is 11.4. The van der Waals surface area contributed by atoms with Crippen molar-refractivity contribution in [2.45, 2.75) is 36.7 Å². The van der Waals surface area contributed by atoms with Gasteiger partial charge in [-0.25, -0.2) is 9.59 Å². The third-order valence-corrected chi connectivity index (χ3v) is 9.14. The van der Waals surface area contributed by atoms with Gasteiger partial charge in [0.25, 0.3) is 11.4 Å². The zero-order valence-electron chi connectivity index (χ0n) is 23.7. The normalized spacial score (nSPS) is 15.7. The van der Waals surface area contributed by atoms with Gasteiger partial charge >= 0.3 is 12.3 Å². The van der Waals surface area contributed by atoms with Crippen molar-refractivity contribution in [1.29, 1.82) is 0 Å². The van der Waals surface area contributed by atoms with Gasteiger partial charge in [0.05, 0.1) is 39.5 Å². The molecule has 236 valence electrons. The minimum absolute atomic E-state index is 0.0409. The summed E-state index contributed by atoms with van der Waals surface area (Å²) < 4.78 is 19.7. The minimum Gasteiger partial charge on any atom is -0.434 e. The van der Waals surface area contributed by atoms with Crippen molar-refractivity contribution in [3.05, 3.63) is 79.9 Å². The Morgan fingerprint density at radius 2 is 1.34 bits per heavy atom. The molecule has 2 atom stereocenters. The molecule has 0 bridgehead atoms. The van der Waals surface area contributed by atoms with Gasteiger partial charge in [-0.1, -0.05) is 24.3 Å². The van der Waals surface area contributed by atoms with E-state index in [4.69, 9.17) is 18.9 Å². The van der Waals surface area contributed by atoms with Crippen LogP contribution in [0.3, 0.4) is 0 Å². The first-order valence-corrected chi connectivity index (χ1v) is 15.6. The predicted octanol–water partition coefficient (Wildman–Crippen LogP) is 4.70. The fraction of sp³-hybridized carbons (Fsp3) is 0.407. The first-order chi connectivity index (χ1) is 21.1. The Morgan fingerprint density at radius 3 is 1.84 bits per heavy atom. The number of amides is 1. The number of β-lactam (4-membered cyclic amide) rings is 1. The standard InChI is InChI=1S/C27H29N3O12S2/c1-43-25(44-2)23(31)13-22-19(11-12-39-26(33)40-14-17-7-3-5-9-20(17)29(35)36)24(32)28(22)16-42-27(34)41-15-18-8-4-6-10-21(18)30(37)38/h3-10,19,22,25H,11-16H2,1-2H3/t19-,22+/m0/s1. The summed E-state index contributed by atoms with van der Waals surface area (Å²) in [6.07, 6.45) is 1.30. The third-order valence-electron chi connectivity index (χ3n) is 6.60. The van der Waals surface area contributed by atoms with Crippen LogP contribution in [0.5, 0.6) is 0 Å². The average molecular weight is 652 g/mol. The van der Waals surface area contributed by atoms with Gasteiger partial charge in [-0.3, -0.25) is 29.8 Å². The molecule has 2 aromatic rings. The van der Waals surface area contributed by atoms with E-state index < -0.39 is 53.4 Å². The number of hydrogen-bond acceptors (Lipinski definition) is 14. The lowest BCUT2D eigenvalue weighted by Gasteiger charge is -2.46. The number of ether oxygens (including phenoxy) is 4. The van der Waals surface area contributed by atoms with Crippen LogP contribution in [0.25, 0.3) is 0 Å². The molecule has 2 aromatic carbocycles. The molecule has 0 unspecified atom stereocenters. The predicted molar refractivity (Wildman–Crippen MR) is 158 cm³/mol. The largest absolute Gasteiger partial charge is 0.510 e. The van der Waals surface area contributed by atoms with E-state index in [2.05, 4.69) is 0 Å². The van der Waals surface area contributed by atoms with Gasteiger partial charge in [-0.15, -0.1) is 23.5 Å². The average Bonchev–Trinajstić information content (AvgIpc) is 3.01. The molecule has 0 aromatic heterocycles. The van der Waals surface area contributed by atoms with Crippen LogP contribution < -0.4 is 0 Å². The van der Waals surface area contributed by atoms with Gasteiger partial charge in [0.1, 0.15) is 17.8 Å². The van der Waals surface area contributed by atoms with E-state index in [-0.39, 0.29) is 58.9 Å². The van der Waals surface area contributed by atoms with Gasteiger partial charge in [0.15, 0.2) is 12.5 Å². The Morgan fingerprint density at radius 1 is 0.841 bits per heavy atom. The molecule has 17 heteroatoms. The zero-order valence-corrected chi connectivity index (χ0v) is 25.3. The highest BCUT2D eigenvalue weighted by Crippen LogP contribution is 2.34. The number of Topliss-reactive ketones (excluding diaryl/α,β-unsaturated/α-hetero) is 1. The molecule has 0 spiro atoms. The Bertz CT molecular complexity index is 1390. The highest BCUT2D eigenvalue weighted by Gasteiger charge is 2.48. The van der Waals surface area contributed by atoms with Crippen LogP contribution in [-0.4, -0.2) is 75.2 Å². The summed E-state index contributed by atoms with van der Waals surface area (Å²) in [6.45, 7) is -1.58. The molecular formula is C27H29N3O12S2. The van der Waals surface area contributed by atoms with Crippen molar-refractivity contribution in [2.75, 3.05) is 25.8 Å². The fourth-order valence-electron chi connectivity index (χ4n) is 4.44. The second-order valence-electron chi connectivity index (χ2n) is 9.22. The molecule has 3 rings (SSSR count). The SMILES string of the molecule is CSC(SC)C(=O)C[C@@H]1[C@H](CCOC(=O)OCc2ccccc2[N+](=O)[O-])C(=O)N1COC(=O)OCc1ccccc1[N+](=O)[O-]. The maximum atomic E-state index is 12.9. The van der Waals surface area contributed by atoms with Crippen LogP contribution in [0.2, 0.25) is 0 Å². The number of benzene rings is 2. The summed E-state index contributed by atoms with van der Waals surface area (Å²) in [5.74, 6) is -1.31. The summed E-state index contributed by atoms with van der Waals surface area (Å²) in [5, 5.41) is 22.3. The van der Waals surface area contributed by atoms with Gasteiger partial charge < -0.3 is 23.8 Å². The number of para-hydroxylation sites is 2. The first-order valence-electron chi connectivity index (χ1n) is 13.0. The lowest BCUT2D eigenvalue weighted by atomic mass is 9.82. The maximum absolute atomic E-state index is 12.9. The number of nitrogens with zero attached hydrogens (tertiary/aromatic N) is 3. The van der Waals surface area contributed by atoms with Crippen LogP contribution in [0.15, 0.2) is 48.5 Å². The molecule has 15 nitrogen and oxygen atoms in total. The van der Waals surface area contributed by atoms with Crippen LogP contribution in [0.1, 0.15) is 24.0 Å². The smallest absolute Gasteiger partial charge is 0.434 e. The Kier molecular flexibility index (Phi) is 12.8. The maximum Gasteiger partial charge on any atom is 0.510 e. The highest BCUT2D eigenvalue weighted by molar-refractivity contribution is 8.17. The number of carbonyl (C=O) groups excluding carboxylic acids is 4. The Labute approximate surface area is 259 Å². The van der Waals surface area contributed by atoms with Crippen molar-refractivity contribution >= 4 is 58.9 Å². The molecular weight excluding hydrogens is 622 g/mol. The number of nitro benzene ring substituents is 2. The monoisotopic (exact) mass is 651 g/mol. The van der Waals surface area contributed by atoms with E-state index in [1.807, 2.05) is 0 Å². The van der Waals surface area contributed by atoms with E-state index in [0.29, 0.717) is 0 Å². The van der Waals surface area contributed by atoms with Crippen LogP contribution in [0, 0.1) is 26.1 Å². The van der Waals surface area contributed by atoms with Gasteiger partial charge in [0, 0.05) is 18.6 Å². The molecule has 0 radical (unpaired) electrons. The van der Waals surface area contributed by atoms with Crippen LogP contribution in [-0.2, 0) is 41.8 Å². The molecule has 0 saturated carbocycles. The number of carbonyl (C=O) groups is 4. The molecule has 1 amide bonds. The summed E-state index contributed by atoms with van der Waals surface area (Å²) in [7, 11) is 0. The topological polar surface area (TPSA) is 195 Å². The zero-order chi connectivity index (χ0) is 32.2. The summed E-state index contributed by atoms with van der Waals surface area (Å²) >= 11 is 2.68. The van der Waals surface area contributed by atoms with E-state index in [1.54, 1.807) is 24.6 Å². The third kappa shape index (κ3) is 9.06. The lowest BCUT2D eigenvalue weighted by Crippen LogP contribution is -2.62. The summed E-state index contributed by atoms with van der Waals surface area (Å²) in [5.41, 5.74) is -0.118. The number of likely N-dealkylation sites (tertiary alicyclic amines) is 1. The van der Waals surface area contributed by atoms with Crippen molar-refractivity contribution in [3.63, 3.8) is 0 Å². The number of hydrogen-bond donors (Lipinski definition) is 0. The molecule has 1 aliphatic rings. The lowest BCUT2D eigenvalue weighted by molar-refractivity contribution is -0.386. The number of nitro groups is 2. The summed E-state index contributed by atoms with van der Waals surface area (Å²) in [4.78, 5) is 72.3. The molecule has 1 fully saturated rings. The quantitative estimate of drug-likeness (QED) is 0.0796. The molecule has 44 heavy (non-hydrogen) atoms. The van der Waals surface area contributed by atoms with Crippen LogP contribution >= 0.6 is 23.5 Å². The molecule has 1 aliphatic heterocycles. The Hall–Kier alpha value is -4.38.